The topological polar surface area (TPSA) is 35.5 Å². The summed E-state index contributed by atoms with van der Waals surface area (Å²) in [5.74, 6) is 0.178. The molecular formula is C12H16O3. The fraction of sp³-hybridized carbons (Fsp3) is 0.750. The molecule has 0 aromatic rings. The van der Waals surface area contributed by atoms with Gasteiger partial charge in [0.15, 0.2) is 11.6 Å². The van der Waals surface area contributed by atoms with Crippen molar-refractivity contribution in [1.29, 1.82) is 0 Å². The molecule has 2 heterocycles. The van der Waals surface area contributed by atoms with E-state index >= 15 is 0 Å². The van der Waals surface area contributed by atoms with Crippen molar-refractivity contribution in [3.63, 3.8) is 0 Å². The van der Waals surface area contributed by atoms with E-state index in [1.165, 1.54) is 0 Å². The molecule has 0 amide bonds. The van der Waals surface area contributed by atoms with Crippen LogP contribution in [-0.2, 0) is 14.3 Å². The van der Waals surface area contributed by atoms with E-state index < -0.39 is 5.79 Å². The van der Waals surface area contributed by atoms with Gasteiger partial charge < -0.3 is 9.47 Å². The largest absolute Gasteiger partial charge is 0.350 e. The van der Waals surface area contributed by atoms with Crippen LogP contribution in [0.2, 0.25) is 0 Å². The lowest BCUT2D eigenvalue weighted by atomic mass is 9.63. The minimum absolute atomic E-state index is 0.0559. The maximum absolute atomic E-state index is 11.6. The van der Waals surface area contributed by atoms with Crippen LogP contribution in [0.25, 0.3) is 0 Å². The van der Waals surface area contributed by atoms with E-state index in [9.17, 15) is 4.79 Å². The molecule has 0 N–H and O–H groups in total. The third-order valence-corrected chi connectivity index (χ3v) is 4.23. The summed E-state index contributed by atoms with van der Waals surface area (Å²) >= 11 is 0. The molecule has 0 aromatic carbocycles. The highest BCUT2D eigenvalue weighted by atomic mass is 16.7. The van der Waals surface area contributed by atoms with Crippen molar-refractivity contribution < 1.29 is 14.3 Å². The SMILES string of the molecule is C[C@@H]1C(=O)C=C[C@]23CO[C@](C)(C2)OC[C@@H]13. The minimum atomic E-state index is -0.416. The van der Waals surface area contributed by atoms with E-state index in [1.54, 1.807) is 6.08 Å². The first kappa shape index (κ1) is 9.55. The van der Waals surface area contributed by atoms with Crippen LogP contribution in [0.15, 0.2) is 12.2 Å². The van der Waals surface area contributed by atoms with Crippen LogP contribution in [0.5, 0.6) is 0 Å². The van der Waals surface area contributed by atoms with Crippen molar-refractivity contribution in [3.05, 3.63) is 12.2 Å². The molecule has 2 saturated heterocycles. The van der Waals surface area contributed by atoms with Crippen molar-refractivity contribution in [1.82, 2.24) is 0 Å². The average Bonchev–Trinajstić information content (AvgIpc) is 2.46. The molecule has 0 unspecified atom stereocenters. The number of carbonyl (C=O) groups is 1. The third-order valence-electron chi connectivity index (χ3n) is 4.23. The zero-order valence-electron chi connectivity index (χ0n) is 9.16. The summed E-state index contributed by atoms with van der Waals surface area (Å²) in [7, 11) is 0. The molecule has 2 aliphatic heterocycles. The quantitative estimate of drug-likeness (QED) is 0.605. The highest BCUT2D eigenvalue weighted by molar-refractivity contribution is 5.93. The highest BCUT2D eigenvalue weighted by Gasteiger charge is 2.57. The van der Waals surface area contributed by atoms with Crippen molar-refractivity contribution in [3.8, 4) is 0 Å². The Hall–Kier alpha value is -0.670. The third kappa shape index (κ3) is 1.16. The fourth-order valence-corrected chi connectivity index (χ4v) is 3.22. The molecule has 82 valence electrons. The second-order valence-electron chi connectivity index (χ2n) is 5.27. The number of hydrogen-bond acceptors (Lipinski definition) is 3. The van der Waals surface area contributed by atoms with Gasteiger partial charge in [-0.1, -0.05) is 13.0 Å². The van der Waals surface area contributed by atoms with Gasteiger partial charge in [0.1, 0.15) is 0 Å². The maximum Gasteiger partial charge on any atom is 0.166 e. The molecule has 0 radical (unpaired) electrons. The van der Waals surface area contributed by atoms with E-state index in [2.05, 4.69) is 6.08 Å². The Balaban J connectivity index is 2.02. The van der Waals surface area contributed by atoms with Crippen LogP contribution < -0.4 is 0 Å². The monoisotopic (exact) mass is 208 g/mol. The van der Waals surface area contributed by atoms with Gasteiger partial charge in [0, 0.05) is 23.7 Å². The Kier molecular flexibility index (Phi) is 1.73. The summed E-state index contributed by atoms with van der Waals surface area (Å²) in [5, 5.41) is 0. The van der Waals surface area contributed by atoms with Gasteiger partial charge >= 0.3 is 0 Å². The Morgan fingerprint density at radius 1 is 1.47 bits per heavy atom. The number of allylic oxidation sites excluding steroid dienone is 1. The summed E-state index contributed by atoms with van der Waals surface area (Å²) < 4.78 is 11.5. The predicted octanol–water partition coefficient (Wildman–Crippen LogP) is 1.53. The second-order valence-corrected chi connectivity index (χ2v) is 5.27. The van der Waals surface area contributed by atoms with Crippen LogP contribution in [0.3, 0.4) is 0 Å². The standard InChI is InChI=1S/C12H16O3/c1-8-9-5-14-11(2)6-12(9,7-15-11)4-3-10(8)13/h3-4,8-9H,5-7H2,1-2H3/t8-,9-,11+,12+/m0/s1. The fourth-order valence-electron chi connectivity index (χ4n) is 3.22. The lowest BCUT2D eigenvalue weighted by Crippen LogP contribution is -2.48. The first-order chi connectivity index (χ1) is 7.05. The number of fused-ring (bicyclic) bond motifs is 1. The second kappa shape index (κ2) is 2.71. The van der Waals surface area contributed by atoms with Gasteiger partial charge in [-0.15, -0.1) is 0 Å². The van der Waals surface area contributed by atoms with E-state index in [0.717, 1.165) is 6.42 Å². The molecule has 0 aromatic heterocycles. The lowest BCUT2D eigenvalue weighted by Gasteiger charge is -2.44. The van der Waals surface area contributed by atoms with Crippen LogP contribution in [-0.4, -0.2) is 24.8 Å². The number of carbonyl (C=O) groups excluding carboxylic acids is 1. The molecule has 3 heteroatoms. The van der Waals surface area contributed by atoms with Crippen LogP contribution in [0.4, 0.5) is 0 Å². The molecule has 1 spiro atoms. The average molecular weight is 208 g/mol. The summed E-state index contributed by atoms with van der Waals surface area (Å²) in [6.45, 7) is 5.34. The normalized spacial score (nSPS) is 53.1. The Morgan fingerprint density at radius 2 is 2.27 bits per heavy atom. The first-order valence-electron chi connectivity index (χ1n) is 5.56. The molecule has 4 atom stereocenters. The van der Waals surface area contributed by atoms with Crippen molar-refractivity contribution in [2.75, 3.05) is 13.2 Å². The molecule has 2 fully saturated rings. The minimum Gasteiger partial charge on any atom is -0.350 e. The zero-order valence-corrected chi connectivity index (χ0v) is 9.16. The van der Waals surface area contributed by atoms with Crippen LogP contribution >= 0.6 is 0 Å². The molecule has 15 heavy (non-hydrogen) atoms. The highest BCUT2D eigenvalue weighted by Crippen LogP contribution is 2.54. The van der Waals surface area contributed by atoms with E-state index in [1.807, 2.05) is 13.8 Å². The summed E-state index contributed by atoms with van der Waals surface area (Å²) in [6.07, 6.45) is 4.69. The Labute approximate surface area is 89.4 Å². The zero-order chi connectivity index (χ0) is 10.7. The lowest BCUT2D eigenvalue weighted by molar-refractivity contribution is -0.213. The van der Waals surface area contributed by atoms with Crippen molar-refractivity contribution in [2.24, 2.45) is 17.3 Å². The Bertz CT molecular complexity index is 349. The predicted molar refractivity (Wildman–Crippen MR) is 54.2 cm³/mol. The molecule has 3 rings (SSSR count). The molecule has 1 aliphatic carbocycles. The number of hydrogen-bond donors (Lipinski definition) is 0. The van der Waals surface area contributed by atoms with Crippen LogP contribution in [0, 0.1) is 17.3 Å². The van der Waals surface area contributed by atoms with Gasteiger partial charge in [-0.2, -0.15) is 0 Å². The van der Waals surface area contributed by atoms with Gasteiger partial charge in [0.25, 0.3) is 0 Å². The van der Waals surface area contributed by atoms with E-state index in [0.29, 0.717) is 19.1 Å². The maximum atomic E-state index is 11.6. The number of rotatable bonds is 0. The van der Waals surface area contributed by atoms with Gasteiger partial charge in [-0.25, -0.2) is 0 Å². The molecule has 2 bridgehead atoms. The molecular weight excluding hydrogens is 192 g/mol. The summed E-state index contributed by atoms with van der Waals surface area (Å²) in [4.78, 5) is 11.6. The van der Waals surface area contributed by atoms with Crippen molar-refractivity contribution >= 4 is 5.78 Å². The first-order valence-corrected chi connectivity index (χ1v) is 5.56. The van der Waals surface area contributed by atoms with Gasteiger partial charge in [0.2, 0.25) is 0 Å². The molecule has 3 nitrogen and oxygen atoms in total. The molecule has 0 saturated carbocycles. The van der Waals surface area contributed by atoms with E-state index in [4.69, 9.17) is 9.47 Å². The van der Waals surface area contributed by atoms with E-state index in [-0.39, 0.29) is 17.1 Å². The van der Waals surface area contributed by atoms with Crippen LogP contribution in [0.1, 0.15) is 20.3 Å². The Morgan fingerprint density at radius 3 is 3.07 bits per heavy atom. The van der Waals surface area contributed by atoms with Gasteiger partial charge in [-0.05, 0) is 13.0 Å². The number of ketones is 1. The molecule has 3 aliphatic rings. The number of ether oxygens (including phenoxy) is 2. The summed E-state index contributed by atoms with van der Waals surface area (Å²) in [5.41, 5.74) is 0.0559. The smallest absolute Gasteiger partial charge is 0.166 e. The summed E-state index contributed by atoms with van der Waals surface area (Å²) in [6, 6.07) is 0. The van der Waals surface area contributed by atoms with Gasteiger partial charge in [0.05, 0.1) is 13.2 Å². The van der Waals surface area contributed by atoms with Crippen molar-refractivity contribution in [2.45, 2.75) is 26.1 Å². The van der Waals surface area contributed by atoms with Gasteiger partial charge in [-0.3, -0.25) is 4.79 Å².